The monoisotopic (exact) mass is 340 g/mol. The predicted octanol–water partition coefficient (Wildman–Crippen LogP) is 5.36. The summed E-state index contributed by atoms with van der Waals surface area (Å²) in [5.41, 5.74) is 1.69. The normalized spacial score (nSPS) is 11.9. The number of hydrogen-bond acceptors (Lipinski definition) is 3. The molecule has 2 aromatic carbocycles. The molecule has 25 heavy (non-hydrogen) atoms. The van der Waals surface area contributed by atoms with E-state index in [2.05, 4.69) is 26.0 Å². The van der Waals surface area contributed by atoms with Crippen molar-refractivity contribution in [2.24, 2.45) is 5.41 Å². The van der Waals surface area contributed by atoms with Gasteiger partial charge in [0.25, 0.3) is 0 Å². The number of benzene rings is 2. The molecule has 0 bridgehead atoms. The van der Waals surface area contributed by atoms with Gasteiger partial charge in [-0.25, -0.2) is 0 Å². The van der Waals surface area contributed by atoms with Crippen LogP contribution >= 0.6 is 0 Å². The van der Waals surface area contributed by atoms with Crippen LogP contribution in [0.3, 0.4) is 0 Å². The molecule has 0 aromatic heterocycles. The summed E-state index contributed by atoms with van der Waals surface area (Å²) < 4.78 is 11.0. The first-order valence-corrected chi connectivity index (χ1v) is 8.71. The fraction of sp³-hybridized carbons (Fsp3) is 0.409. The number of carbonyl (C=O) groups is 1. The predicted molar refractivity (Wildman–Crippen MR) is 101 cm³/mol. The third-order valence-corrected chi connectivity index (χ3v) is 4.29. The lowest BCUT2D eigenvalue weighted by Gasteiger charge is -2.26. The Bertz CT molecular complexity index is 704. The van der Waals surface area contributed by atoms with E-state index in [1.165, 1.54) is 5.56 Å². The molecule has 0 atom stereocenters. The van der Waals surface area contributed by atoms with Gasteiger partial charge in [0.05, 0.1) is 12.0 Å². The van der Waals surface area contributed by atoms with E-state index in [0.717, 1.165) is 11.3 Å². The van der Waals surface area contributed by atoms with Crippen molar-refractivity contribution < 1.29 is 14.3 Å². The Balaban J connectivity index is 2.18. The lowest BCUT2D eigenvalue weighted by molar-refractivity contribution is -0.142. The van der Waals surface area contributed by atoms with Crippen LogP contribution in [0, 0.1) is 5.41 Å². The molecule has 0 aliphatic carbocycles. The lowest BCUT2D eigenvalue weighted by atomic mass is 9.78. The van der Waals surface area contributed by atoms with Crippen LogP contribution < -0.4 is 9.47 Å². The molecule has 0 saturated heterocycles. The van der Waals surface area contributed by atoms with Crippen molar-refractivity contribution >= 4 is 5.97 Å². The highest BCUT2D eigenvalue weighted by atomic mass is 16.5. The number of ether oxygens (including phenoxy) is 2. The van der Waals surface area contributed by atoms with Gasteiger partial charge >= 0.3 is 5.97 Å². The summed E-state index contributed by atoms with van der Waals surface area (Å²) in [5, 5.41) is 0. The summed E-state index contributed by atoms with van der Waals surface area (Å²) in [6, 6.07) is 15.9. The van der Waals surface area contributed by atoms with Gasteiger partial charge in [0.2, 0.25) is 0 Å². The zero-order valence-electron chi connectivity index (χ0n) is 16.1. The molecule has 3 nitrogen and oxygen atoms in total. The molecule has 2 aromatic rings. The molecule has 3 heteroatoms. The van der Waals surface area contributed by atoms with Gasteiger partial charge in [0, 0.05) is 5.41 Å². The van der Waals surface area contributed by atoms with Gasteiger partial charge in [-0.3, -0.25) is 4.79 Å². The molecule has 0 heterocycles. The van der Waals surface area contributed by atoms with Crippen LogP contribution in [0.15, 0.2) is 48.5 Å². The first-order valence-electron chi connectivity index (χ1n) is 8.71. The third-order valence-electron chi connectivity index (χ3n) is 4.29. The van der Waals surface area contributed by atoms with E-state index < -0.39 is 5.41 Å². The average molecular weight is 340 g/mol. The summed E-state index contributed by atoms with van der Waals surface area (Å²) in [5.74, 6) is 1.23. The molecule has 0 aliphatic rings. The zero-order chi connectivity index (χ0) is 18.7. The van der Waals surface area contributed by atoms with Crippen LogP contribution in [-0.2, 0) is 10.2 Å². The van der Waals surface area contributed by atoms with Crippen molar-refractivity contribution in [2.45, 2.75) is 47.0 Å². The minimum absolute atomic E-state index is 0.155. The Morgan fingerprint density at radius 2 is 1.24 bits per heavy atom. The highest BCUT2D eigenvalue weighted by Gasteiger charge is 2.25. The first-order chi connectivity index (χ1) is 11.6. The molecule has 0 N–H and O–H groups in total. The van der Waals surface area contributed by atoms with Crippen molar-refractivity contribution in [3.63, 3.8) is 0 Å². The molecule has 0 spiro atoms. The molecule has 134 valence electrons. The van der Waals surface area contributed by atoms with E-state index in [9.17, 15) is 4.79 Å². The second-order valence-corrected chi connectivity index (χ2v) is 7.75. The molecule has 2 rings (SSSR count). The molecular formula is C22H28O3. The van der Waals surface area contributed by atoms with Crippen LogP contribution in [0.2, 0.25) is 0 Å². The number of carbonyl (C=O) groups excluding carboxylic acids is 1. The van der Waals surface area contributed by atoms with Crippen molar-refractivity contribution in [1.82, 2.24) is 0 Å². The fourth-order valence-electron chi connectivity index (χ4n) is 2.50. The van der Waals surface area contributed by atoms with E-state index in [-0.39, 0.29) is 11.4 Å². The van der Waals surface area contributed by atoms with Gasteiger partial charge in [0.15, 0.2) is 0 Å². The maximum atomic E-state index is 12.0. The molecular weight excluding hydrogens is 312 g/mol. The Kier molecular flexibility index (Phi) is 5.56. The zero-order valence-corrected chi connectivity index (χ0v) is 16.1. The summed E-state index contributed by atoms with van der Waals surface area (Å²) in [6.07, 6.45) is 0. The average Bonchev–Trinajstić information content (AvgIpc) is 2.55. The Morgan fingerprint density at radius 1 is 0.800 bits per heavy atom. The summed E-state index contributed by atoms with van der Waals surface area (Å²) in [6.45, 7) is 12.5. The fourth-order valence-corrected chi connectivity index (χ4v) is 2.50. The maximum Gasteiger partial charge on any atom is 0.316 e. The molecule has 0 unspecified atom stereocenters. The van der Waals surface area contributed by atoms with E-state index in [4.69, 9.17) is 9.47 Å². The summed E-state index contributed by atoms with van der Waals surface area (Å²) in [7, 11) is 0. The molecule has 0 fully saturated rings. The maximum absolute atomic E-state index is 12.0. The number of hydrogen-bond donors (Lipinski definition) is 0. The van der Waals surface area contributed by atoms with E-state index in [1.54, 1.807) is 0 Å². The van der Waals surface area contributed by atoms with Crippen LogP contribution in [0.1, 0.15) is 52.7 Å². The second kappa shape index (κ2) is 7.30. The van der Waals surface area contributed by atoms with Crippen molar-refractivity contribution in [2.75, 3.05) is 6.61 Å². The largest absolute Gasteiger partial charge is 0.494 e. The highest BCUT2D eigenvalue weighted by molar-refractivity contribution is 5.77. The van der Waals surface area contributed by atoms with Gasteiger partial charge in [-0.1, -0.05) is 38.1 Å². The van der Waals surface area contributed by atoms with Crippen LogP contribution in [-0.4, -0.2) is 12.6 Å². The van der Waals surface area contributed by atoms with Crippen molar-refractivity contribution in [3.05, 3.63) is 59.7 Å². The van der Waals surface area contributed by atoms with E-state index in [0.29, 0.717) is 12.4 Å². The first kappa shape index (κ1) is 19.0. The van der Waals surface area contributed by atoms with Crippen molar-refractivity contribution in [3.8, 4) is 11.5 Å². The highest BCUT2D eigenvalue weighted by Crippen LogP contribution is 2.33. The van der Waals surface area contributed by atoms with E-state index in [1.807, 2.05) is 64.1 Å². The quantitative estimate of drug-likeness (QED) is 0.543. The van der Waals surface area contributed by atoms with Crippen LogP contribution in [0.4, 0.5) is 0 Å². The van der Waals surface area contributed by atoms with Gasteiger partial charge in [-0.05, 0) is 63.1 Å². The third kappa shape index (κ3) is 4.62. The van der Waals surface area contributed by atoms with Gasteiger partial charge in [0.1, 0.15) is 11.5 Å². The minimum Gasteiger partial charge on any atom is -0.494 e. The van der Waals surface area contributed by atoms with Gasteiger partial charge in [-0.15, -0.1) is 0 Å². The molecule has 0 aliphatic heterocycles. The Labute approximate surface area is 151 Å². The van der Waals surface area contributed by atoms with Crippen LogP contribution in [0.25, 0.3) is 0 Å². The van der Waals surface area contributed by atoms with Crippen molar-refractivity contribution in [1.29, 1.82) is 0 Å². The molecule has 0 amide bonds. The molecule has 0 radical (unpaired) electrons. The topological polar surface area (TPSA) is 35.5 Å². The Hall–Kier alpha value is -2.29. The number of rotatable bonds is 5. The standard InChI is InChI=1S/C22H28O3/c1-7-24-18-12-8-16(9-13-18)22(5,6)17-10-14-19(15-11-17)25-20(23)21(2,3)4/h8-15H,7H2,1-6H3. The van der Waals surface area contributed by atoms with Gasteiger partial charge in [-0.2, -0.15) is 0 Å². The smallest absolute Gasteiger partial charge is 0.316 e. The van der Waals surface area contributed by atoms with Crippen LogP contribution in [0.5, 0.6) is 11.5 Å². The SMILES string of the molecule is CCOc1ccc(C(C)(C)c2ccc(OC(=O)C(C)(C)C)cc2)cc1. The second-order valence-electron chi connectivity index (χ2n) is 7.75. The van der Waals surface area contributed by atoms with E-state index >= 15 is 0 Å². The summed E-state index contributed by atoms with van der Waals surface area (Å²) >= 11 is 0. The minimum atomic E-state index is -0.514. The van der Waals surface area contributed by atoms with Gasteiger partial charge < -0.3 is 9.47 Å². The summed E-state index contributed by atoms with van der Waals surface area (Å²) in [4.78, 5) is 12.0. The lowest BCUT2D eigenvalue weighted by Crippen LogP contribution is -2.25. The molecule has 0 saturated carbocycles. The Morgan fingerprint density at radius 3 is 1.64 bits per heavy atom. The number of esters is 1.